The molecule has 1 aliphatic heterocycles. The SMILES string of the molecule is CCOC(=O)c1cn(CCN2CCOCC2)cn1. The maximum Gasteiger partial charge on any atom is 0.358 e. The smallest absolute Gasteiger partial charge is 0.358 e. The summed E-state index contributed by atoms with van der Waals surface area (Å²) in [5.74, 6) is -0.359. The number of hydrogen-bond acceptors (Lipinski definition) is 5. The first-order valence-electron chi connectivity index (χ1n) is 6.28. The van der Waals surface area contributed by atoms with E-state index in [9.17, 15) is 4.79 Å². The molecule has 1 fully saturated rings. The van der Waals surface area contributed by atoms with Gasteiger partial charge in [-0.2, -0.15) is 0 Å². The van der Waals surface area contributed by atoms with Gasteiger partial charge in [0.2, 0.25) is 0 Å². The Bertz CT molecular complexity index is 386. The number of nitrogens with zero attached hydrogens (tertiary/aromatic N) is 3. The molecule has 1 saturated heterocycles. The lowest BCUT2D eigenvalue weighted by Gasteiger charge is -2.26. The van der Waals surface area contributed by atoms with Crippen LogP contribution in [0.3, 0.4) is 0 Å². The highest BCUT2D eigenvalue weighted by atomic mass is 16.5. The molecule has 6 heteroatoms. The summed E-state index contributed by atoms with van der Waals surface area (Å²) < 4.78 is 12.1. The number of imidazole rings is 1. The van der Waals surface area contributed by atoms with Crippen molar-refractivity contribution in [2.45, 2.75) is 13.5 Å². The van der Waals surface area contributed by atoms with E-state index >= 15 is 0 Å². The molecule has 1 aliphatic rings. The zero-order valence-electron chi connectivity index (χ0n) is 10.7. The molecule has 18 heavy (non-hydrogen) atoms. The Morgan fingerprint density at radius 2 is 2.22 bits per heavy atom. The van der Waals surface area contributed by atoms with E-state index in [0.717, 1.165) is 39.4 Å². The van der Waals surface area contributed by atoms with E-state index in [1.807, 2.05) is 4.57 Å². The third-order valence-electron chi connectivity index (χ3n) is 2.90. The van der Waals surface area contributed by atoms with E-state index in [2.05, 4.69) is 9.88 Å². The molecule has 0 amide bonds. The quantitative estimate of drug-likeness (QED) is 0.711. The van der Waals surface area contributed by atoms with Crippen LogP contribution in [0.1, 0.15) is 17.4 Å². The first-order valence-corrected chi connectivity index (χ1v) is 6.28. The van der Waals surface area contributed by atoms with Crippen molar-refractivity contribution in [2.75, 3.05) is 39.5 Å². The second-order valence-corrected chi connectivity index (χ2v) is 4.17. The molecule has 0 N–H and O–H groups in total. The molecular weight excluding hydrogens is 234 g/mol. The molecule has 0 saturated carbocycles. The third kappa shape index (κ3) is 3.54. The maximum absolute atomic E-state index is 11.4. The zero-order chi connectivity index (χ0) is 12.8. The van der Waals surface area contributed by atoms with Gasteiger partial charge in [-0.15, -0.1) is 0 Å². The van der Waals surface area contributed by atoms with Crippen LogP contribution in [0.5, 0.6) is 0 Å². The summed E-state index contributed by atoms with van der Waals surface area (Å²) in [7, 11) is 0. The Hall–Kier alpha value is -1.40. The predicted octanol–water partition coefficient (Wildman–Crippen LogP) is 0.392. The van der Waals surface area contributed by atoms with E-state index in [0.29, 0.717) is 12.3 Å². The van der Waals surface area contributed by atoms with Crippen molar-refractivity contribution in [3.05, 3.63) is 18.2 Å². The summed E-state index contributed by atoms with van der Waals surface area (Å²) in [5.41, 5.74) is 0.374. The van der Waals surface area contributed by atoms with E-state index in [1.54, 1.807) is 19.4 Å². The number of carbonyl (C=O) groups is 1. The van der Waals surface area contributed by atoms with Crippen LogP contribution in [0, 0.1) is 0 Å². The van der Waals surface area contributed by atoms with Crippen molar-refractivity contribution >= 4 is 5.97 Å². The maximum atomic E-state index is 11.4. The molecule has 100 valence electrons. The molecule has 0 unspecified atom stereocenters. The Labute approximate surface area is 106 Å². The highest BCUT2D eigenvalue weighted by Crippen LogP contribution is 2.01. The molecule has 0 aliphatic carbocycles. The number of hydrogen-bond donors (Lipinski definition) is 0. The molecule has 2 rings (SSSR count). The fourth-order valence-corrected chi connectivity index (χ4v) is 1.87. The largest absolute Gasteiger partial charge is 0.461 e. The van der Waals surface area contributed by atoms with Crippen LogP contribution < -0.4 is 0 Å². The van der Waals surface area contributed by atoms with Crippen molar-refractivity contribution < 1.29 is 14.3 Å². The lowest BCUT2D eigenvalue weighted by molar-refractivity contribution is 0.0364. The summed E-state index contributed by atoms with van der Waals surface area (Å²) >= 11 is 0. The van der Waals surface area contributed by atoms with Crippen molar-refractivity contribution in [1.82, 2.24) is 14.5 Å². The molecule has 6 nitrogen and oxygen atoms in total. The first-order chi connectivity index (χ1) is 8.79. The fraction of sp³-hybridized carbons (Fsp3) is 0.667. The van der Waals surface area contributed by atoms with Crippen molar-refractivity contribution in [1.29, 1.82) is 0 Å². The van der Waals surface area contributed by atoms with Gasteiger partial charge in [0.15, 0.2) is 5.69 Å². The zero-order valence-corrected chi connectivity index (χ0v) is 10.7. The molecule has 0 atom stereocenters. The highest BCUT2D eigenvalue weighted by Gasteiger charge is 2.12. The number of rotatable bonds is 5. The van der Waals surface area contributed by atoms with Gasteiger partial charge in [-0.25, -0.2) is 9.78 Å². The summed E-state index contributed by atoms with van der Waals surface area (Å²) in [5, 5.41) is 0. The minimum atomic E-state index is -0.359. The van der Waals surface area contributed by atoms with E-state index in [1.165, 1.54) is 0 Å². The molecule has 0 radical (unpaired) electrons. The number of esters is 1. The molecular formula is C12H19N3O3. The van der Waals surface area contributed by atoms with Crippen LogP contribution in [0.15, 0.2) is 12.5 Å². The predicted molar refractivity (Wildman–Crippen MR) is 65.4 cm³/mol. The van der Waals surface area contributed by atoms with Gasteiger partial charge in [0, 0.05) is 32.4 Å². The number of morpholine rings is 1. The van der Waals surface area contributed by atoms with Crippen LogP contribution in [-0.4, -0.2) is 59.9 Å². The van der Waals surface area contributed by atoms with Crippen LogP contribution >= 0.6 is 0 Å². The summed E-state index contributed by atoms with van der Waals surface area (Å²) in [4.78, 5) is 17.8. The Morgan fingerprint density at radius 1 is 1.44 bits per heavy atom. The van der Waals surface area contributed by atoms with Crippen LogP contribution in [0.2, 0.25) is 0 Å². The fourth-order valence-electron chi connectivity index (χ4n) is 1.87. The van der Waals surface area contributed by atoms with Crippen molar-refractivity contribution in [3.8, 4) is 0 Å². The van der Waals surface area contributed by atoms with Gasteiger partial charge in [0.1, 0.15) is 0 Å². The van der Waals surface area contributed by atoms with Crippen LogP contribution in [0.25, 0.3) is 0 Å². The minimum Gasteiger partial charge on any atom is -0.461 e. The molecule has 1 aromatic heterocycles. The molecule has 0 bridgehead atoms. The molecule has 0 aromatic carbocycles. The van der Waals surface area contributed by atoms with Gasteiger partial charge in [-0.3, -0.25) is 4.90 Å². The highest BCUT2D eigenvalue weighted by molar-refractivity contribution is 5.86. The first kappa shape index (κ1) is 13.0. The van der Waals surface area contributed by atoms with E-state index in [4.69, 9.17) is 9.47 Å². The second-order valence-electron chi connectivity index (χ2n) is 4.17. The standard InChI is InChI=1S/C12H19N3O3/c1-2-18-12(16)11-9-15(10-13-11)4-3-14-5-7-17-8-6-14/h9-10H,2-8H2,1H3. The molecule has 2 heterocycles. The van der Waals surface area contributed by atoms with E-state index < -0.39 is 0 Å². The topological polar surface area (TPSA) is 56.6 Å². The third-order valence-corrected chi connectivity index (χ3v) is 2.90. The number of ether oxygens (including phenoxy) is 2. The van der Waals surface area contributed by atoms with Crippen molar-refractivity contribution in [3.63, 3.8) is 0 Å². The van der Waals surface area contributed by atoms with Crippen LogP contribution in [-0.2, 0) is 16.0 Å². The van der Waals surface area contributed by atoms with E-state index in [-0.39, 0.29) is 5.97 Å². The van der Waals surface area contributed by atoms with Gasteiger partial charge in [0.25, 0.3) is 0 Å². The average molecular weight is 253 g/mol. The second kappa shape index (κ2) is 6.51. The van der Waals surface area contributed by atoms with Gasteiger partial charge in [-0.05, 0) is 6.92 Å². The Morgan fingerprint density at radius 3 is 2.94 bits per heavy atom. The minimum absolute atomic E-state index is 0.359. The summed E-state index contributed by atoms with van der Waals surface area (Å²) in [6.45, 7) is 7.48. The van der Waals surface area contributed by atoms with Gasteiger partial charge in [0.05, 0.1) is 26.1 Å². The summed E-state index contributed by atoms with van der Waals surface area (Å²) in [6.07, 6.45) is 3.41. The van der Waals surface area contributed by atoms with Crippen molar-refractivity contribution in [2.24, 2.45) is 0 Å². The summed E-state index contributed by atoms with van der Waals surface area (Å²) in [6, 6.07) is 0. The van der Waals surface area contributed by atoms with Gasteiger partial charge in [-0.1, -0.05) is 0 Å². The molecule has 0 spiro atoms. The number of aromatic nitrogens is 2. The lowest BCUT2D eigenvalue weighted by Crippen LogP contribution is -2.38. The van der Waals surface area contributed by atoms with Gasteiger partial charge < -0.3 is 14.0 Å². The lowest BCUT2D eigenvalue weighted by atomic mass is 10.4. The van der Waals surface area contributed by atoms with Crippen LogP contribution in [0.4, 0.5) is 0 Å². The average Bonchev–Trinajstić information content (AvgIpc) is 2.87. The Balaban J connectivity index is 1.80. The normalized spacial score (nSPS) is 16.7. The number of carbonyl (C=O) groups excluding carboxylic acids is 1. The van der Waals surface area contributed by atoms with Gasteiger partial charge >= 0.3 is 5.97 Å². The monoisotopic (exact) mass is 253 g/mol. The Kier molecular flexibility index (Phi) is 4.72. The molecule has 1 aromatic rings.